The molecule has 2 atom stereocenters. The van der Waals surface area contributed by atoms with Gasteiger partial charge in [0, 0.05) is 11.5 Å². The molecule has 0 aromatic heterocycles. The van der Waals surface area contributed by atoms with Crippen molar-refractivity contribution in [3.63, 3.8) is 0 Å². The van der Waals surface area contributed by atoms with Gasteiger partial charge in [-0.05, 0) is 43.4 Å². The lowest BCUT2D eigenvalue weighted by atomic mass is 10.0. The van der Waals surface area contributed by atoms with Crippen LogP contribution in [0.3, 0.4) is 0 Å². The number of unbranched alkanes of at least 4 members (excludes halogenated alkanes) is 45. The lowest BCUT2D eigenvalue weighted by molar-refractivity contribution is -0.146. The summed E-state index contributed by atoms with van der Waals surface area (Å²) in [6, 6.07) is 13.3. The van der Waals surface area contributed by atoms with Gasteiger partial charge in [-0.15, -0.1) is 0 Å². The zero-order chi connectivity index (χ0) is 55.5. The Morgan fingerprint density at radius 2 is 0.641 bits per heavy atom. The van der Waals surface area contributed by atoms with Crippen LogP contribution < -0.4 is 14.2 Å². The van der Waals surface area contributed by atoms with Crippen LogP contribution in [0.25, 0.3) is 0 Å². The average molecular weight is 1090 g/mol. The summed E-state index contributed by atoms with van der Waals surface area (Å²) in [5.41, 5.74) is 1.49. The normalized spacial score (nSPS) is 14.0. The van der Waals surface area contributed by atoms with Crippen LogP contribution in [0, 0.1) is 11.8 Å². The van der Waals surface area contributed by atoms with Crippen LogP contribution >= 0.6 is 0 Å². The SMILES string of the molecule is CCCCCCCCCCCCCCCCCCOc1cc(COC(=O)[C@@H]2C[C@H]2C(=O)c2ccccc2)cc(OCCCCCCCCCCCCCCCCCC)c1OCCCCCCCCCCCCCCCCCC. The Labute approximate surface area is 482 Å². The molecule has 3 rings (SSSR count). The second kappa shape index (κ2) is 50.9. The molecule has 1 aliphatic carbocycles. The Balaban J connectivity index is 1.51. The smallest absolute Gasteiger partial charge is 0.310 e. The van der Waals surface area contributed by atoms with Gasteiger partial charge in [-0.2, -0.15) is 0 Å². The largest absolute Gasteiger partial charge is 0.490 e. The van der Waals surface area contributed by atoms with E-state index in [1.54, 1.807) is 0 Å². The molecule has 0 radical (unpaired) electrons. The van der Waals surface area contributed by atoms with Gasteiger partial charge < -0.3 is 18.9 Å². The molecule has 0 unspecified atom stereocenters. The standard InChI is InChI=1S/C72H124O6/c1-4-7-10-13-16-19-22-25-28-31-34-37-40-43-46-52-57-75-68-60-64(63-78-72(74)67-62-66(67)70(73)65-55-50-49-51-56-65)61-69(76-58-53-47-44-41-38-35-32-29-26-23-20-17-14-11-8-5-2)71(68)77-59-54-48-45-42-39-36-33-30-27-24-21-18-15-12-9-6-3/h49-51,55-56,60-61,66-67H,4-48,52-54,57-59,62-63H2,1-3H3/t66-,67-/m1/s1. The summed E-state index contributed by atoms with van der Waals surface area (Å²) in [5, 5.41) is 0. The summed E-state index contributed by atoms with van der Waals surface area (Å²) in [7, 11) is 0. The molecule has 0 heterocycles. The van der Waals surface area contributed by atoms with Crippen molar-refractivity contribution >= 4 is 11.8 Å². The highest BCUT2D eigenvalue weighted by Crippen LogP contribution is 2.43. The molecule has 6 nitrogen and oxygen atoms in total. The molecule has 2 aromatic rings. The summed E-state index contributed by atoms with van der Waals surface area (Å²) in [6.07, 6.45) is 64.7. The molecule has 0 bridgehead atoms. The van der Waals surface area contributed by atoms with Crippen LogP contribution in [0.4, 0.5) is 0 Å². The molecular weight excluding hydrogens is 961 g/mol. The third-order valence-electron chi connectivity index (χ3n) is 16.7. The van der Waals surface area contributed by atoms with Crippen LogP contribution in [0.5, 0.6) is 17.2 Å². The predicted molar refractivity (Wildman–Crippen MR) is 334 cm³/mol. The first-order valence-electron chi connectivity index (χ1n) is 34.4. The van der Waals surface area contributed by atoms with Crippen molar-refractivity contribution in [2.24, 2.45) is 11.8 Å². The van der Waals surface area contributed by atoms with E-state index < -0.39 is 5.92 Å². The second-order valence-electron chi connectivity index (χ2n) is 24.2. The minimum atomic E-state index is -0.392. The molecule has 448 valence electrons. The molecule has 1 aliphatic rings. The van der Waals surface area contributed by atoms with Crippen molar-refractivity contribution in [2.75, 3.05) is 19.8 Å². The number of benzene rings is 2. The fourth-order valence-electron chi connectivity index (χ4n) is 11.4. The molecular formula is C72H124O6. The minimum Gasteiger partial charge on any atom is -0.490 e. The number of hydrogen-bond donors (Lipinski definition) is 0. The molecule has 0 saturated heterocycles. The van der Waals surface area contributed by atoms with Gasteiger partial charge in [0.1, 0.15) is 6.61 Å². The summed E-state index contributed by atoms with van der Waals surface area (Å²) in [4.78, 5) is 26.5. The van der Waals surface area contributed by atoms with Gasteiger partial charge in [0.2, 0.25) is 5.75 Å². The van der Waals surface area contributed by atoms with Crippen LogP contribution in [-0.2, 0) is 16.1 Å². The number of ketones is 1. The van der Waals surface area contributed by atoms with Gasteiger partial charge >= 0.3 is 5.97 Å². The second-order valence-corrected chi connectivity index (χ2v) is 24.2. The number of hydrogen-bond acceptors (Lipinski definition) is 6. The zero-order valence-electron chi connectivity index (χ0n) is 51.6. The molecule has 0 spiro atoms. The van der Waals surface area contributed by atoms with Gasteiger partial charge in [-0.3, -0.25) is 9.59 Å². The van der Waals surface area contributed by atoms with E-state index >= 15 is 0 Å². The Morgan fingerprint density at radius 3 is 0.949 bits per heavy atom. The maximum absolute atomic E-state index is 13.4. The van der Waals surface area contributed by atoms with Gasteiger partial charge in [0.05, 0.1) is 25.7 Å². The van der Waals surface area contributed by atoms with Gasteiger partial charge in [-0.25, -0.2) is 0 Å². The highest BCUT2D eigenvalue weighted by molar-refractivity contribution is 6.02. The van der Waals surface area contributed by atoms with E-state index in [1.807, 2.05) is 42.5 Å². The number of carbonyl (C=O) groups is 2. The Kier molecular flexibility index (Phi) is 45.2. The maximum atomic E-state index is 13.4. The summed E-state index contributed by atoms with van der Waals surface area (Å²) in [6.45, 7) is 8.84. The lowest BCUT2D eigenvalue weighted by Crippen LogP contribution is -2.12. The van der Waals surface area contributed by atoms with Crippen molar-refractivity contribution in [2.45, 2.75) is 342 Å². The van der Waals surface area contributed by atoms with Crippen LogP contribution in [-0.4, -0.2) is 31.6 Å². The van der Waals surface area contributed by atoms with E-state index in [4.69, 9.17) is 18.9 Å². The summed E-state index contributed by atoms with van der Waals surface area (Å²) in [5.74, 6) is 1.08. The molecule has 1 fully saturated rings. The Hall–Kier alpha value is -3.02. The van der Waals surface area contributed by atoms with Gasteiger partial charge in [-0.1, -0.05) is 340 Å². The first-order valence-corrected chi connectivity index (χ1v) is 34.4. The van der Waals surface area contributed by atoms with E-state index in [0.717, 1.165) is 44.1 Å². The quantitative estimate of drug-likeness (QED) is 0.0373. The number of rotatable bonds is 59. The lowest BCUT2D eigenvalue weighted by Gasteiger charge is -2.19. The van der Waals surface area contributed by atoms with Crippen LogP contribution in [0.15, 0.2) is 42.5 Å². The Bertz CT molecular complexity index is 1600. The van der Waals surface area contributed by atoms with E-state index in [-0.39, 0.29) is 24.3 Å². The van der Waals surface area contributed by atoms with Crippen molar-refractivity contribution in [1.29, 1.82) is 0 Å². The van der Waals surface area contributed by atoms with Gasteiger partial charge in [0.15, 0.2) is 17.3 Å². The first kappa shape index (κ1) is 69.2. The zero-order valence-corrected chi connectivity index (χ0v) is 51.6. The molecule has 0 aliphatic heterocycles. The Morgan fingerprint density at radius 1 is 0.359 bits per heavy atom. The predicted octanol–water partition coefficient (Wildman–Crippen LogP) is 23.2. The third kappa shape index (κ3) is 37.1. The van der Waals surface area contributed by atoms with E-state index in [9.17, 15) is 9.59 Å². The monoisotopic (exact) mass is 1080 g/mol. The van der Waals surface area contributed by atoms with Crippen molar-refractivity contribution in [3.05, 3.63) is 53.6 Å². The van der Waals surface area contributed by atoms with Crippen molar-refractivity contribution in [1.82, 2.24) is 0 Å². The fourth-order valence-corrected chi connectivity index (χ4v) is 11.4. The molecule has 78 heavy (non-hydrogen) atoms. The van der Waals surface area contributed by atoms with E-state index in [2.05, 4.69) is 20.8 Å². The minimum absolute atomic E-state index is 0.0259. The molecule has 2 aromatic carbocycles. The molecule has 1 saturated carbocycles. The summed E-state index contributed by atoms with van der Waals surface area (Å²) >= 11 is 0. The highest BCUT2D eigenvalue weighted by atomic mass is 16.5. The first-order chi connectivity index (χ1) is 38.6. The van der Waals surface area contributed by atoms with E-state index in [0.29, 0.717) is 49.1 Å². The maximum Gasteiger partial charge on any atom is 0.310 e. The van der Waals surface area contributed by atoms with Gasteiger partial charge in [0.25, 0.3) is 0 Å². The number of carbonyl (C=O) groups excluding carboxylic acids is 2. The third-order valence-corrected chi connectivity index (χ3v) is 16.7. The number of ether oxygens (including phenoxy) is 4. The molecule has 6 heteroatoms. The molecule has 0 amide bonds. The fraction of sp³-hybridized carbons (Fsp3) is 0.806. The van der Waals surface area contributed by atoms with Crippen molar-refractivity contribution in [3.8, 4) is 17.2 Å². The molecule has 0 N–H and O–H groups in total. The topological polar surface area (TPSA) is 71.1 Å². The van der Waals surface area contributed by atoms with Crippen LogP contribution in [0.2, 0.25) is 0 Å². The average Bonchev–Trinajstić information content (AvgIpc) is 4.29. The highest BCUT2D eigenvalue weighted by Gasteiger charge is 2.49. The summed E-state index contributed by atoms with van der Waals surface area (Å²) < 4.78 is 25.9. The van der Waals surface area contributed by atoms with Crippen molar-refractivity contribution < 1.29 is 28.5 Å². The van der Waals surface area contributed by atoms with E-state index in [1.165, 1.54) is 270 Å². The number of Topliss-reactive ketones (excluding diaryl/α,β-unsaturated/α-hetero) is 1. The number of esters is 1. The van der Waals surface area contributed by atoms with Crippen LogP contribution in [0.1, 0.15) is 351 Å².